The zero-order valence-corrected chi connectivity index (χ0v) is 18.8. The van der Waals surface area contributed by atoms with Crippen LogP contribution in [-0.4, -0.2) is 73.9 Å². The lowest BCUT2D eigenvalue weighted by Gasteiger charge is -2.37. The highest BCUT2D eigenvalue weighted by atomic mass is 19.4. The third-order valence-electron chi connectivity index (χ3n) is 7.93. The molecule has 1 amide bonds. The van der Waals surface area contributed by atoms with Crippen molar-refractivity contribution in [3.05, 3.63) is 29.1 Å². The molecule has 5 atom stereocenters. The van der Waals surface area contributed by atoms with Crippen LogP contribution in [0.4, 0.5) is 13.2 Å². The minimum Gasteiger partial charge on any atom is -0.379 e. The lowest BCUT2D eigenvalue weighted by atomic mass is 9.78. The van der Waals surface area contributed by atoms with Gasteiger partial charge in [0.05, 0.1) is 23.7 Å². The predicted octanol–water partition coefficient (Wildman–Crippen LogP) is 1.75. The number of carbonyl (C=O) groups is 1. The lowest BCUT2D eigenvalue weighted by molar-refractivity contribution is -0.143. The molecule has 2 N–H and O–H groups in total. The summed E-state index contributed by atoms with van der Waals surface area (Å²) in [6.07, 6.45) is -0.579. The van der Waals surface area contributed by atoms with Gasteiger partial charge in [0.25, 0.3) is 0 Å². The van der Waals surface area contributed by atoms with Crippen molar-refractivity contribution in [3.8, 4) is 0 Å². The molecule has 1 saturated carbocycles. The summed E-state index contributed by atoms with van der Waals surface area (Å²) in [7, 11) is 1.69. The Morgan fingerprint density at radius 3 is 3.06 bits per heavy atom. The zero-order valence-electron chi connectivity index (χ0n) is 18.8. The van der Waals surface area contributed by atoms with E-state index < -0.39 is 17.2 Å². The van der Waals surface area contributed by atoms with E-state index in [-0.39, 0.29) is 36.6 Å². The van der Waals surface area contributed by atoms with Crippen LogP contribution in [0.1, 0.15) is 36.1 Å². The molecule has 5 rings (SSSR count). The fourth-order valence-electron chi connectivity index (χ4n) is 6.19. The maximum absolute atomic E-state index is 13.8. The quantitative estimate of drug-likeness (QED) is 0.702. The van der Waals surface area contributed by atoms with Crippen molar-refractivity contribution in [1.82, 2.24) is 20.5 Å². The van der Waals surface area contributed by atoms with E-state index in [2.05, 4.69) is 15.6 Å². The van der Waals surface area contributed by atoms with Crippen LogP contribution in [0.25, 0.3) is 0 Å². The zero-order chi connectivity index (χ0) is 23.2. The first kappa shape index (κ1) is 23.0. The van der Waals surface area contributed by atoms with Gasteiger partial charge in [0.15, 0.2) is 0 Å². The van der Waals surface area contributed by atoms with Crippen LogP contribution in [0.2, 0.25) is 0 Å². The molecule has 2 saturated heterocycles. The van der Waals surface area contributed by atoms with Gasteiger partial charge in [-0.15, -0.1) is 0 Å². The van der Waals surface area contributed by atoms with Crippen LogP contribution in [0.5, 0.6) is 0 Å². The highest BCUT2D eigenvalue weighted by molar-refractivity contribution is 5.84. The minimum absolute atomic E-state index is 0.00195. The number of fused-ring (bicyclic) bond motifs is 2. The molecule has 3 aliphatic heterocycles. The third kappa shape index (κ3) is 4.26. The molecule has 4 heterocycles. The number of amides is 1. The van der Waals surface area contributed by atoms with Crippen LogP contribution in [0.15, 0.2) is 12.3 Å². The SMILES string of the molecule is CO[C@@H]1COCC[C@@H]1N[C@@H]1C[C@H]2CNC[C@@]2(C(=O)N2CCc3ncc(C(F)(F)F)cc3C2)C1. The Labute approximate surface area is 191 Å². The van der Waals surface area contributed by atoms with E-state index in [4.69, 9.17) is 9.47 Å². The van der Waals surface area contributed by atoms with Crippen LogP contribution in [-0.2, 0) is 33.4 Å². The molecule has 0 radical (unpaired) electrons. The number of hydrogen-bond acceptors (Lipinski definition) is 6. The van der Waals surface area contributed by atoms with Crippen molar-refractivity contribution < 1.29 is 27.4 Å². The fourth-order valence-corrected chi connectivity index (χ4v) is 6.19. The summed E-state index contributed by atoms with van der Waals surface area (Å²) in [5.41, 5.74) is -0.121. The number of ether oxygens (including phenoxy) is 2. The monoisotopic (exact) mass is 468 g/mol. The molecule has 0 bridgehead atoms. The van der Waals surface area contributed by atoms with Crippen LogP contribution in [0, 0.1) is 11.3 Å². The second-order valence-corrected chi connectivity index (χ2v) is 9.84. The van der Waals surface area contributed by atoms with Gasteiger partial charge in [0, 0.05) is 63.7 Å². The van der Waals surface area contributed by atoms with E-state index >= 15 is 0 Å². The summed E-state index contributed by atoms with van der Waals surface area (Å²) >= 11 is 0. The van der Waals surface area contributed by atoms with Crippen molar-refractivity contribution >= 4 is 5.91 Å². The topological polar surface area (TPSA) is 75.7 Å². The predicted molar refractivity (Wildman–Crippen MR) is 113 cm³/mol. The first-order valence-electron chi connectivity index (χ1n) is 11.7. The number of methoxy groups -OCH3 is 1. The highest BCUT2D eigenvalue weighted by Gasteiger charge is 2.56. The maximum Gasteiger partial charge on any atom is 0.417 e. The molecular weight excluding hydrogens is 437 g/mol. The molecule has 7 nitrogen and oxygen atoms in total. The standard InChI is InChI=1S/C23H31F3N4O3/c1-32-20-12-33-5-3-19(20)29-17-7-15-9-27-13-22(15,8-17)21(31)30-4-2-18-14(11-30)6-16(10-28-18)23(24,25)26/h6,10,15,17,19-20,27,29H,2-5,7-9,11-13H2,1H3/t15-,17+,19-,20+,22-/m0/s1. The highest BCUT2D eigenvalue weighted by Crippen LogP contribution is 2.48. The second-order valence-electron chi connectivity index (χ2n) is 9.84. The van der Waals surface area contributed by atoms with Gasteiger partial charge in [-0.05, 0) is 43.4 Å². The van der Waals surface area contributed by atoms with Crippen LogP contribution >= 0.6 is 0 Å². The first-order valence-corrected chi connectivity index (χ1v) is 11.7. The van der Waals surface area contributed by atoms with Gasteiger partial charge >= 0.3 is 6.18 Å². The number of carbonyl (C=O) groups excluding carboxylic acids is 1. The van der Waals surface area contributed by atoms with Gasteiger partial charge in [-0.3, -0.25) is 9.78 Å². The van der Waals surface area contributed by atoms with E-state index in [0.717, 1.165) is 38.1 Å². The van der Waals surface area contributed by atoms with Gasteiger partial charge in [-0.25, -0.2) is 0 Å². The van der Waals surface area contributed by atoms with E-state index in [9.17, 15) is 18.0 Å². The van der Waals surface area contributed by atoms with Gasteiger partial charge in [0.2, 0.25) is 5.91 Å². The minimum atomic E-state index is -4.44. The molecule has 3 fully saturated rings. The van der Waals surface area contributed by atoms with E-state index in [1.807, 2.05) is 0 Å². The average molecular weight is 469 g/mol. The molecule has 0 spiro atoms. The van der Waals surface area contributed by atoms with Gasteiger partial charge < -0.3 is 25.0 Å². The van der Waals surface area contributed by atoms with E-state index in [1.54, 1.807) is 12.0 Å². The molecule has 1 aliphatic carbocycles. The van der Waals surface area contributed by atoms with Gasteiger partial charge in [0.1, 0.15) is 0 Å². The van der Waals surface area contributed by atoms with E-state index in [1.165, 1.54) is 0 Å². The van der Waals surface area contributed by atoms with Crippen LogP contribution < -0.4 is 10.6 Å². The fraction of sp³-hybridized carbons (Fsp3) is 0.739. The Kier molecular flexibility index (Phi) is 6.13. The summed E-state index contributed by atoms with van der Waals surface area (Å²) in [4.78, 5) is 19.6. The smallest absolute Gasteiger partial charge is 0.379 e. The second kappa shape index (κ2) is 8.79. The van der Waals surface area contributed by atoms with Crippen molar-refractivity contribution in [2.24, 2.45) is 11.3 Å². The normalized spacial score (nSPS) is 34.2. The van der Waals surface area contributed by atoms with Crippen molar-refractivity contribution in [3.63, 3.8) is 0 Å². The number of rotatable bonds is 4. The molecular formula is C23H31F3N4O3. The molecule has 0 aromatic carbocycles. The molecule has 1 aromatic rings. The lowest BCUT2D eigenvalue weighted by Crippen LogP contribution is -2.52. The average Bonchev–Trinajstić information content (AvgIpc) is 3.35. The van der Waals surface area contributed by atoms with E-state index in [0.29, 0.717) is 44.0 Å². The maximum atomic E-state index is 13.8. The summed E-state index contributed by atoms with van der Waals surface area (Å²) in [5, 5.41) is 7.13. The summed E-state index contributed by atoms with van der Waals surface area (Å²) < 4.78 is 50.6. The molecule has 4 aliphatic rings. The summed E-state index contributed by atoms with van der Waals surface area (Å²) in [5.74, 6) is 0.268. The number of alkyl halides is 3. The van der Waals surface area contributed by atoms with Gasteiger partial charge in [-0.2, -0.15) is 13.2 Å². The van der Waals surface area contributed by atoms with Crippen molar-refractivity contribution in [1.29, 1.82) is 0 Å². The number of hydrogen-bond donors (Lipinski definition) is 2. The Balaban J connectivity index is 1.31. The molecule has 1 aromatic heterocycles. The van der Waals surface area contributed by atoms with Crippen LogP contribution in [0.3, 0.4) is 0 Å². The number of nitrogens with zero attached hydrogens (tertiary/aromatic N) is 2. The Morgan fingerprint density at radius 2 is 2.27 bits per heavy atom. The Morgan fingerprint density at radius 1 is 1.42 bits per heavy atom. The Bertz CT molecular complexity index is 898. The molecule has 182 valence electrons. The number of nitrogens with one attached hydrogen (secondary N) is 2. The largest absolute Gasteiger partial charge is 0.417 e. The summed E-state index contributed by atoms with van der Waals surface area (Å²) in [6.45, 7) is 3.33. The first-order chi connectivity index (χ1) is 15.8. The molecule has 0 unspecified atom stereocenters. The number of halogens is 3. The number of pyridine rings is 1. The van der Waals surface area contributed by atoms with Crippen molar-refractivity contribution in [2.45, 2.75) is 56.6 Å². The summed E-state index contributed by atoms with van der Waals surface area (Å²) in [6, 6.07) is 1.55. The van der Waals surface area contributed by atoms with Crippen molar-refractivity contribution in [2.75, 3.05) is 40.0 Å². The molecule has 33 heavy (non-hydrogen) atoms. The molecule has 10 heteroatoms. The Hall–Kier alpha value is -1.75. The van der Waals surface area contributed by atoms with Gasteiger partial charge in [-0.1, -0.05) is 0 Å². The number of aromatic nitrogens is 1. The third-order valence-corrected chi connectivity index (χ3v) is 7.93.